The lowest BCUT2D eigenvalue weighted by Crippen LogP contribution is -2.43. The standard InChI is InChI=1S/C28H30O13/c29-17-7-39-25(35)15(17)3-9-1-11-5-13(9)21(23(31)32)19(11)27(37)41-28(38)20-12-2-10(14(6-12)22(20)24(33)34)4-16-18(30)8-40-26(16)36/h9-16,19-22H,1-8H2,(H,31,32)(H,33,34). The molecule has 0 amide bonds. The lowest BCUT2D eigenvalue weighted by atomic mass is 9.70. The highest BCUT2D eigenvalue weighted by atomic mass is 16.6. The number of ether oxygens (including phenoxy) is 3. The molecular weight excluding hydrogens is 544 g/mol. The van der Waals surface area contributed by atoms with Gasteiger partial charge in [-0.25, -0.2) is 0 Å². The summed E-state index contributed by atoms with van der Waals surface area (Å²) in [5.74, 6) is -15.1. The number of carbonyl (C=O) groups excluding carboxylic acids is 6. The van der Waals surface area contributed by atoms with E-state index in [0.29, 0.717) is 25.7 Å². The fourth-order valence-corrected chi connectivity index (χ4v) is 9.13. The first kappa shape index (κ1) is 27.5. The van der Waals surface area contributed by atoms with Crippen molar-refractivity contribution in [2.24, 2.45) is 71.0 Å². The molecule has 0 radical (unpaired) electrons. The highest BCUT2D eigenvalue weighted by Gasteiger charge is 2.62. The van der Waals surface area contributed by atoms with Crippen molar-refractivity contribution in [2.45, 2.75) is 38.5 Å². The van der Waals surface area contributed by atoms with Crippen molar-refractivity contribution in [2.75, 3.05) is 13.2 Å². The molecule has 220 valence electrons. The average molecular weight is 575 g/mol. The molecule has 6 fully saturated rings. The highest BCUT2D eigenvalue weighted by Crippen LogP contribution is 2.59. The Hall–Kier alpha value is -3.64. The summed E-state index contributed by atoms with van der Waals surface area (Å²) in [4.78, 5) is 98.9. The van der Waals surface area contributed by atoms with Crippen molar-refractivity contribution in [1.82, 2.24) is 0 Å². The van der Waals surface area contributed by atoms with Gasteiger partial charge in [-0.3, -0.25) is 38.4 Å². The van der Waals surface area contributed by atoms with Crippen LogP contribution in [0.2, 0.25) is 0 Å². The lowest BCUT2D eigenvalue weighted by Gasteiger charge is -2.34. The number of fused-ring (bicyclic) bond motifs is 4. The first-order valence-electron chi connectivity index (χ1n) is 14.1. The second kappa shape index (κ2) is 10.0. The van der Waals surface area contributed by atoms with Crippen LogP contribution in [-0.2, 0) is 52.6 Å². The number of hydrogen-bond acceptors (Lipinski definition) is 11. The molecule has 0 aromatic carbocycles. The molecule has 0 aromatic rings. The van der Waals surface area contributed by atoms with Crippen LogP contribution in [0.1, 0.15) is 38.5 Å². The molecule has 0 spiro atoms. The first-order chi connectivity index (χ1) is 19.5. The Bertz CT molecular complexity index is 1130. The van der Waals surface area contributed by atoms with Gasteiger partial charge in [0.05, 0.1) is 23.7 Å². The molecule has 4 saturated carbocycles. The summed E-state index contributed by atoms with van der Waals surface area (Å²) in [6, 6.07) is 0. The summed E-state index contributed by atoms with van der Waals surface area (Å²) in [7, 11) is 0. The van der Waals surface area contributed by atoms with E-state index in [0.717, 1.165) is 0 Å². The van der Waals surface area contributed by atoms with Crippen LogP contribution in [-0.4, -0.2) is 70.8 Å². The Balaban J connectivity index is 1.12. The van der Waals surface area contributed by atoms with E-state index >= 15 is 0 Å². The average Bonchev–Trinajstić information content (AvgIpc) is 3.75. The van der Waals surface area contributed by atoms with Gasteiger partial charge in [-0.15, -0.1) is 0 Å². The topological polar surface area (TPSA) is 205 Å². The fraction of sp³-hybridized carbons (Fsp3) is 0.714. The minimum atomic E-state index is -1.23. The Labute approximate surface area is 233 Å². The number of carboxylic acids is 2. The van der Waals surface area contributed by atoms with Gasteiger partial charge in [0.25, 0.3) is 0 Å². The van der Waals surface area contributed by atoms with Crippen molar-refractivity contribution in [3.05, 3.63) is 0 Å². The van der Waals surface area contributed by atoms with Crippen molar-refractivity contribution < 1.29 is 62.8 Å². The summed E-state index contributed by atoms with van der Waals surface area (Å²) in [5.41, 5.74) is 0. The van der Waals surface area contributed by atoms with E-state index in [-0.39, 0.29) is 49.5 Å². The number of cyclic esters (lactones) is 2. The normalized spacial score (nSPS) is 42.4. The molecule has 4 aliphatic carbocycles. The van der Waals surface area contributed by atoms with Crippen molar-refractivity contribution in [3.63, 3.8) is 0 Å². The molecule has 2 aliphatic heterocycles. The van der Waals surface area contributed by atoms with E-state index in [2.05, 4.69) is 0 Å². The number of carbonyl (C=O) groups is 8. The van der Waals surface area contributed by atoms with Gasteiger partial charge in [0, 0.05) is 0 Å². The van der Waals surface area contributed by atoms with Crippen LogP contribution >= 0.6 is 0 Å². The van der Waals surface area contributed by atoms with Crippen molar-refractivity contribution in [1.29, 1.82) is 0 Å². The Kier molecular flexibility index (Phi) is 6.73. The molecular formula is C28H30O13. The van der Waals surface area contributed by atoms with Crippen LogP contribution in [0, 0.1) is 71.0 Å². The fourth-order valence-electron chi connectivity index (χ4n) is 9.13. The molecule has 12 unspecified atom stereocenters. The van der Waals surface area contributed by atoms with Gasteiger partial charge in [0.1, 0.15) is 11.8 Å². The molecule has 13 heteroatoms. The SMILES string of the molecule is O=C1COC(=O)C1CC1CC2CC1C(C(=O)O)C2C(=O)OC(=O)C1C2CC(CC3C(=O)COC3=O)C(C2)C1C(=O)O. The Morgan fingerprint density at radius 2 is 1.02 bits per heavy atom. The monoisotopic (exact) mass is 574 g/mol. The zero-order valence-electron chi connectivity index (χ0n) is 22.0. The first-order valence-corrected chi connectivity index (χ1v) is 14.1. The zero-order valence-corrected chi connectivity index (χ0v) is 22.0. The van der Waals surface area contributed by atoms with Gasteiger partial charge in [-0.2, -0.15) is 0 Å². The van der Waals surface area contributed by atoms with E-state index in [1.807, 2.05) is 0 Å². The maximum absolute atomic E-state index is 13.3. The maximum atomic E-state index is 13.3. The lowest BCUT2D eigenvalue weighted by molar-refractivity contribution is -0.176. The van der Waals surface area contributed by atoms with Crippen LogP contribution in [0.15, 0.2) is 0 Å². The minimum Gasteiger partial charge on any atom is -0.481 e. The second-order valence-electron chi connectivity index (χ2n) is 12.6. The third-order valence-corrected chi connectivity index (χ3v) is 10.7. The van der Waals surface area contributed by atoms with Crippen LogP contribution in [0.3, 0.4) is 0 Å². The number of ketones is 2. The van der Waals surface area contributed by atoms with Crippen LogP contribution in [0.25, 0.3) is 0 Å². The summed E-state index contributed by atoms with van der Waals surface area (Å²) < 4.78 is 14.8. The molecule has 41 heavy (non-hydrogen) atoms. The molecule has 6 rings (SSSR count). The third kappa shape index (κ3) is 4.44. The van der Waals surface area contributed by atoms with E-state index < -0.39 is 95.0 Å². The number of rotatable bonds is 8. The summed E-state index contributed by atoms with van der Waals surface area (Å²) in [6.45, 7) is -0.591. The predicted octanol–water partition coefficient (Wildman–Crippen LogP) is 0.267. The van der Waals surface area contributed by atoms with Gasteiger partial charge in [-0.1, -0.05) is 0 Å². The number of aliphatic carboxylic acids is 2. The number of hydrogen-bond donors (Lipinski definition) is 2. The third-order valence-electron chi connectivity index (χ3n) is 10.7. The quantitative estimate of drug-likeness (QED) is 0.227. The molecule has 2 saturated heterocycles. The highest BCUT2D eigenvalue weighted by molar-refractivity contribution is 6.05. The van der Waals surface area contributed by atoms with Gasteiger partial charge in [-0.05, 0) is 74.0 Å². The summed E-state index contributed by atoms with van der Waals surface area (Å²) in [5, 5.41) is 20.0. The van der Waals surface area contributed by atoms with Crippen LogP contribution in [0.4, 0.5) is 0 Å². The number of carboxylic acid groups (broad SMARTS) is 2. The molecule has 4 bridgehead atoms. The smallest absolute Gasteiger partial charge is 0.317 e. The van der Waals surface area contributed by atoms with E-state index in [1.54, 1.807) is 0 Å². The second-order valence-corrected chi connectivity index (χ2v) is 12.6. The van der Waals surface area contributed by atoms with Crippen molar-refractivity contribution in [3.8, 4) is 0 Å². The Morgan fingerprint density at radius 1 is 0.634 bits per heavy atom. The van der Waals surface area contributed by atoms with E-state index in [1.165, 1.54) is 0 Å². The maximum Gasteiger partial charge on any atom is 0.317 e. The van der Waals surface area contributed by atoms with E-state index in [9.17, 15) is 48.6 Å². The molecule has 2 heterocycles. The molecule has 6 aliphatic rings. The zero-order chi connectivity index (χ0) is 29.3. The van der Waals surface area contributed by atoms with Gasteiger partial charge < -0.3 is 24.4 Å². The Morgan fingerprint density at radius 3 is 1.34 bits per heavy atom. The minimum absolute atomic E-state index is 0.153. The summed E-state index contributed by atoms with van der Waals surface area (Å²) in [6.07, 6.45) is 1.85. The van der Waals surface area contributed by atoms with Gasteiger partial charge in [0.15, 0.2) is 24.8 Å². The van der Waals surface area contributed by atoms with Gasteiger partial charge in [0.2, 0.25) is 0 Å². The molecule has 2 N–H and O–H groups in total. The molecule has 12 atom stereocenters. The number of Topliss-reactive ketones (excluding diaryl/α,β-unsaturated/α-hetero) is 2. The molecule has 13 nitrogen and oxygen atoms in total. The molecule has 0 aromatic heterocycles. The van der Waals surface area contributed by atoms with Crippen molar-refractivity contribution >= 4 is 47.4 Å². The van der Waals surface area contributed by atoms with E-state index in [4.69, 9.17) is 14.2 Å². The predicted molar refractivity (Wildman–Crippen MR) is 128 cm³/mol. The van der Waals surface area contributed by atoms with Crippen LogP contribution < -0.4 is 0 Å². The number of esters is 4. The largest absolute Gasteiger partial charge is 0.481 e. The van der Waals surface area contributed by atoms with Crippen LogP contribution in [0.5, 0.6) is 0 Å². The summed E-state index contributed by atoms with van der Waals surface area (Å²) >= 11 is 0. The van der Waals surface area contributed by atoms with Gasteiger partial charge >= 0.3 is 35.8 Å².